The number of carbonyl (C=O) groups excluding carboxylic acids is 1. The van der Waals surface area contributed by atoms with Gasteiger partial charge in [0.15, 0.2) is 5.65 Å². The molecule has 2 aromatic heterocycles. The minimum atomic E-state index is -0.114. The fourth-order valence-electron chi connectivity index (χ4n) is 4.41. The van der Waals surface area contributed by atoms with Gasteiger partial charge in [0.05, 0.1) is 36.7 Å². The second-order valence-electron chi connectivity index (χ2n) is 8.04. The number of carbonyl (C=O) groups is 1. The molecule has 1 amide bonds. The van der Waals surface area contributed by atoms with Crippen LogP contribution in [0.25, 0.3) is 11.2 Å². The Balaban J connectivity index is 1.27. The van der Waals surface area contributed by atoms with Gasteiger partial charge in [0, 0.05) is 6.20 Å². The molecular formula is C22H25N5O2. The Labute approximate surface area is 169 Å². The van der Waals surface area contributed by atoms with E-state index in [0.717, 1.165) is 43.5 Å². The molecular weight excluding hydrogens is 366 g/mol. The van der Waals surface area contributed by atoms with Crippen molar-refractivity contribution in [3.8, 4) is 0 Å². The fourth-order valence-corrected chi connectivity index (χ4v) is 4.41. The lowest BCUT2D eigenvalue weighted by atomic mass is 9.88. The summed E-state index contributed by atoms with van der Waals surface area (Å²) in [6, 6.07) is 12.1. The Morgan fingerprint density at radius 1 is 1.24 bits per heavy atom. The van der Waals surface area contributed by atoms with Gasteiger partial charge in [-0.05, 0) is 44.0 Å². The van der Waals surface area contributed by atoms with Gasteiger partial charge >= 0.3 is 0 Å². The monoisotopic (exact) mass is 391 g/mol. The minimum absolute atomic E-state index is 0.0481. The topological polar surface area (TPSA) is 81.1 Å². The molecule has 0 aliphatic carbocycles. The Morgan fingerprint density at radius 3 is 2.90 bits per heavy atom. The van der Waals surface area contributed by atoms with E-state index in [1.165, 1.54) is 5.56 Å². The Bertz CT molecular complexity index is 1010. The van der Waals surface area contributed by atoms with Gasteiger partial charge in [0.25, 0.3) is 5.91 Å². The number of nitrogens with one attached hydrogen (secondary N) is 2. The molecule has 2 saturated heterocycles. The molecule has 2 fully saturated rings. The number of hydrogen-bond donors (Lipinski definition) is 2. The number of pyridine rings is 1. The number of nitrogens with zero attached hydrogens (tertiary/aromatic N) is 3. The summed E-state index contributed by atoms with van der Waals surface area (Å²) in [6.45, 7) is 3.24. The molecule has 1 atom stereocenters. The highest BCUT2D eigenvalue weighted by Crippen LogP contribution is 2.34. The second-order valence-corrected chi connectivity index (χ2v) is 8.04. The van der Waals surface area contributed by atoms with Crippen molar-refractivity contribution in [3.63, 3.8) is 0 Å². The summed E-state index contributed by atoms with van der Waals surface area (Å²) in [5.74, 6) is -0.114. The molecule has 2 aliphatic heterocycles. The van der Waals surface area contributed by atoms with Gasteiger partial charge in [-0.15, -0.1) is 0 Å². The lowest BCUT2D eigenvalue weighted by Crippen LogP contribution is -2.43. The van der Waals surface area contributed by atoms with E-state index < -0.39 is 0 Å². The summed E-state index contributed by atoms with van der Waals surface area (Å²) >= 11 is 0. The lowest BCUT2D eigenvalue weighted by molar-refractivity contribution is -0.0194. The van der Waals surface area contributed by atoms with Crippen molar-refractivity contribution in [1.29, 1.82) is 0 Å². The summed E-state index contributed by atoms with van der Waals surface area (Å²) < 4.78 is 8.07. The van der Waals surface area contributed by atoms with Gasteiger partial charge in [-0.2, -0.15) is 0 Å². The van der Waals surface area contributed by atoms with Crippen molar-refractivity contribution < 1.29 is 9.53 Å². The molecule has 29 heavy (non-hydrogen) atoms. The average Bonchev–Trinajstić information content (AvgIpc) is 3.33. The zero-order valence-electron chi connectivity index (χ0n) is 16.3. The van der Waals surface area contributed by atoms with Crippen LogP contribution in [0.1, 0.15) is 35.2 Å². The maximum Gasteiger partial charge on any atom is 0.253 e. The molecule has 1 spiro atoms. The zero-order chi connectivity index (χ0) is 19.7. The summed E-state index contributed by atoms with van der Waals surface area (Å²) in [7, 11) is 0. The fraction of sp³-hybridized carbons (Fsp3) is 0.409. The first kappa shape index (κ1) is 18.3. The van der Waals surface area contributed by atoms with Crippen molar-refractivity contribution >= 4 is 17.1 Å². The molecule has 7 heteroatoms. The molecule has 2 aliphatic rings. The number of hydrogen-bond acceptors (Lipinski definition) is 5. The smallest absolute Gasteiger partial charge is 0.253 e. The number of piperidine rings is 1. The third-order valence-electron chi connectivity index (χ3n) is 5.97. The Morgan fingerprint density at radius 2 is 2.07 bits per heavy atom. The molecule has 2 N–H and O–H groups in total. The van der Waals surface area contributed by atoms with Crippen LogP contribution in [0.5, 0.6) is 0 Å². The van der Waals surface area contributed by atoms with Crippen LogP contribution in [0.3, 0.4) is 0 Å². The molecule has 0 radical (unpaired) electrons. The number of imidazole rings is 1. The zero-order valence-corrected chi connectivity index (χ0v) is 16.3. The standard InChI is InChI=1S/C22H25N5O2/c28-21(26-18-11-22(29-14-18)6-8-23-9-7-22)17-10-19-20(24-12-17)27(15-25-19)13-16-4-2-1-3-5-16/h1-5,10,12,15,18,23H,6-9,11,13-14H2,(H,26,28). The van der Waals surface area contributed by atoms with E-state index in [4.69, 9.17) is 4.74 Å². The molecule has 150 valence electrons. The minimum Gasteiger partial charge on any atom is -0.373 e. The van der Waals surface area contributed by atoms with Crippen molar-refractivity contribution in [2.24, 2.45) is 0 Å². The van der Waals surface area contributed by atoms with E-state index in [-0.39, 0.29) is 17.6 Å². The summed E-state index contributed by atoms with van der Waals surface area (Å²) in [5.41, 5.74) is 3.16. The number of rotatable bonds is 4. The van der Waals surface area contributed by atoms with E-state index >= 15 is 0 Å². The molecule has 0 bridgehead atoms. The van der Waals surface area contributed by atoms with E-state index in [1.54, 1.807) is 12.5 Å². The Hall–Kier alpha value is -2.77. The van der Waals surface area contributed by atoms with Crippen molar-refractivity contribution in [1.82, 2.24) is 25.2 Å². The van der Waals surface area contributed by atoms with Gasteiger partial charge in [0.2, 0.25) is 0 Å². The van der Waals surface area contributed by atoms with Crippen LogP contribution in [0.4, 0.5) is 0 Å². The highest BCUT2D eigenvalue weighted by molar-refractivity contribution is 5.96. The maximum absolute atomic E-state index is 12.8. The van der Waals surface area contributed by atoms with Crippen LogP contribution in [-0.2, 0) is 11.3 Å². The SMILES string of the molecule is O=C(NC1COC2(CCNCC2)C1)c1cnc2c(c1)ncn2Cc1ccccc1. The van der Waals surface area contributed by atoms with Crippen molar-refractivity contribution in [2.75, 3.05) is 19.7 Å². The predicted molar refractivity (Wildman–Crippen MR) is 110 cm³/mol. The summed E-state index contributed by atoms with van der Waals surface area (Å²) in [4.78, 5) is 21.7. The van der Waals surface area contributed by atoms with Gasteiger partial charge in [-0.1, -0.05) is 30.3 Å². The van der Waals surface area contributed by atoms with Gasteiger partial charge < -0.3 is 19.9 Å². The molecule has 1 unspecified atom stereocenters. The van der Waals surface area contributed by atoms with Gasteiger partial charge in [-0.25, -0.2) is 9.97 Å². The van der Waals surface area contributed by atoms with Gasteiger partial charge in [0.1, 0.15) is 5.52 Å². The van der Waals surface area contributed by atoms with E-state index in [9.17, 15) is 4.79 Å². The molecule has 3 aromatic rings. The first-order chi connectivity index (χ1) is 14.2. The number of fused-ring (bicyclic) bond motifs is 1. The van der Waals surface area contributed by atoms with Crippen LogP contribution in [-0.4, -0.2) is 51.8 Å². The van der Waals surface area contributed by atoms with Crippen molar-refractivity contribution in [3.05, 3.63) is 60.0 Å². The number of amides is 1. The van der Waals surface area contributed by atoms with Crippen LogP contribution < -0.4 is 10.6 Å². The molecule has 1 aromatic carbocycles. The van der Waals surface area contributed by atoms with Crippen LogP contribution >= 0.6 is 0 Å². The average molecular weight is 391 g/mol. The largest absolute Gasteiger partial charge is 0.373 e. The molecule has 0 saturated carbocycles. The second kappa shape index (κ2) is 7.57. The third kappa shape index (κ3) is 3.75. The normalized spacial score (nSPS) is 20.9. The highest BCUT2D eigenvalue weighted by Gasteiger charge is 2.41. The van der Waals surface area contributed by atoms with Crippen LogP contribution in [0.2, 0.25) is 0 Å². The van der Waals surface area contributed by atoms with E-state index in [2.05, 4.69) is 32.7 Å². The van der Waals surface area contributed by atoms with E-state index in [1.807, 2.05) is 28.8 Å². The lowest BCUT2D eigenvalue weighted by Gasteiger charge is -2.32. The third-order valence-corrected chi connectivity index (χ3v) is 5.97. The summed E-state index contributed by atoms with van der Waals surface area (Å²) in [5, 5.41) is 6.49. The number of benzene rings is 1. The highest BCUT2D eigenvalue weighted by atomic mass is 16.5. The molecule has 4 heterocycles. The quantitative estimate of drug-likeness (QED) is 0.712. The van der Waals surface area contributed by atoms with E-state index in [0.29, 0.717) is 18.7 Å². The molecule has 5 rings (SSSR count). The van der Waals surface area contributed by atoms with Gasteiger partial charge in [-0.3, -0.25) is 4.79 Å². The maximum atomic E-state index is 12.8. The molecule has 7 nitrogen and oxygen atoms in total. The summed E-state index contributed by atoms with van der Waals surface area (Å²) in [6.07, 6.45) is 6.30. The Kier molecular flexibility index (Phi) is 4.77. The first-order valence-corrected chi connectivity index (χ1v) is 10.2. The van der Waals surface area contributed by atoms with Crippen LogP contribution in [0.15, 0.2) is 48.9 Å². The first-order valence-electron chi connectivity index (χ1n) is 10.2. The van der Waals surface area contributed by atoms with Crippen LogP contribution in [0, 0.1) is 0 Å². The van der Waals surface area contributed by atoms with Crippen molar-refractivity contribution in [2.45, 2.75) is 37.5 Å². The number of ether oxygens (including phenoxy) is 1. The predicted octanol–water partition coefficient (Wildman–Crippen LogP) is 2.12. The number of aromatic nitrogens is 3.